The molecule has 8 N–H and O–H groups in total. The molecule has 1 unspecified atom stereocenters. The van der Waals surface area contributed by atoms with E-state index in [1.54, 1.807) is 79.2 Å². The molecular weight excluding hydrogens is 1440 g/mol. The number of carbonyl (C=O) groups excluding carboxylic acids is 4. The van der Waals surface area contributed by atoms with Gasteiger partial charge in [0.25, 0.3) is 0 Å². The number of benzene rings is 2. The lowest BCUT2D eigenvalue weighted by atomic mass is 10.00. The fourth-order valence-corrected chi connectivity index (χ4v) is 16.8. The highest BCUT2D eigenvalue weighted by molar-refractivity contribution is 7.13. The normalized spacial score (nSPS) is 16.2. The molecule has 3 saturated carbocycles. The second kappa shape index (κ2) is 40.5. The zero-order chi connectivity index (χ0) is 77.6. The lowest BCUT2D eigenvalue weighted by molar-refractivity contribution is -0.121. The molecule has 0 bridgehead atoms. The Kier molecular flexibility index (Phi) is 33.6. The van der Waals surface area contributed by atoms with Crippen molar-refractivity contribution >= 4 is 80.6 Å². The lowest BCUT2D eigenvalue weighted by Gasteiger charge is -2.26. The van der Waals surface area contributed by atoms with Crippen LogP contribution in [-0.2, 0) is 91.8 Å². The quantitative estimate of drug-likeness (QED) is 0.0115. The van der Waals surface area contributed by atoms with E-state index in [1.165, 1.54) is 52.4 Å². The van der Waals surface area contributed by atoms with Gasteiger partial charge in [-0.15, -0.1) is 56.7 Å². The molecule has 0 radical (unpaired) electrons. The number of halogens is 4. The van der Waals surface area contributed by atoms with Crippen LogP contribution in [0.1, 0.15) is 208 Å². The lowest BCUT2D eigenvalue weighted by Crippen LogP contribution is -2.49. The van der Waals surface area contributed by atoms with Gasteiger partial charge in [0.15, 0.2) is 0 Å². The van der Waals surface area contributed by atoms with Crippen LogP contribution >= 0.6 is 56.7 Å². The number of hydrogen-bond donors (Lipinski definition) is 6. The average molecular weight is 1550 g/mol. The molecule has 2 aromatic carbocycles. The average Bonchev–Trinajstić information content (AvgIpc) is 1.65. The van der Waals surface area contributed by atoms with E-state index in [2.05, 4.69) is 115 Å². The molecule has 0 spiro atoms. The van der Waals surface area contributed by atoms with Crippen molar-refractivity contribution in [1.29, 1.82) is 0 Å². The third-order valence-corrected chi connectivity index (χ3v) is 22.1. The third-order valence-electron chi connectivity index (χ3n) is 16.4. The largest absolute Gasteiger partial charge is 0.462 e. The molecule has 7 aromatic rings. The van der Waals surface area contributed by atoms with Crippen molar-refractivity contribution in [1.82, 2.24) is 40.9 Å². The van der Waals surface area contributed by atoms with E-state index in [1.807, 2.05) is 24.8 Å². The Bertz CT molecular complexity index is 3890. The van der Waals surface area contributed by atoms with Crippen LogP contribution in [0.25, 0.3) is 4.85 Å². The number of aromatic nitrogens is 5. The van der Waals surface area contributed by atoms with E-state index in [4.69, 9.17) is 32.3 Å². The van der Waals surface area contributed by atoms with Gasteiger partial charge < -0.3 is 51.6 Å². The number of amides is 3. The maximum atomic E-state index is 13.5. The summed E-state index contributed by atoms with van der Waals surface area (Å²) in [5, 5.41) is 25.2. The molecule has 6 heterocycles. The highest BCUT2D eigenvalue weighted by atomic mass is 32.1. The molecule has 1 saturated heterocycles. The van der Waals surface area contributed by atoms with Crippen molar-refractivity contribution in [2.45, 2.75) is 240 Å². The predicted molar refractivity (Wildman–Crippen MR) is 410 cm³/mol. The van der Waals surface area contributed by atoms with Crippen LogP contribution in [0.5, 0.6) is 0 Å². The van der Waals surface area contributed by atoms with Crippen molar-refractivity contribution in [3.8, 4) is 0 Å². The molecule has 3 amide bonds. The molecule has 4 aliphatic rings. The summed E-state index contributed by atoms with van der Waals surface area (Å²) in [6.45, 7) is 38.5. The number of nitrogens with zero attached hydrogens (tertiary/aromatic N) is 6. The Labute approximate surface area is 637 Å². The Morgan fingerprint density at radius 3 is 1.50 bits per heavy atom. The van der Waals surface area contributed by atoms with E-state index in [0.717, 1.165) is 117 Å². The molecule has 4 atom stereocenters. The minimum Gasteiger partial charge on any atom is -0.462 e. The number of aliphatic hydroxyl groups is 1. The maximum absolute atomic E-state index is 13.5. The zero-order valence-corrected chi connectivity index (χ0v) is 67.3. The van der Waals surface area contributed by atoms with Crippen molar-refractivity contribution in [3.63, 3.8) is 0 Å². The Balaban J connectivity index is 0.000000205. The Morgan fingerprint density at radius 2 is 1.07 bits per heavy atom. The van der Waals surface area contributed by atoms with Gasteiger partial charge in [0.05, 0.1) is 79.1 Å². The SMILES string of the molecule is CC(=O)N[C@@H](Cc1cc(F)cc(F)c1)[C@H](O)CNC1(c2cnc(CC(C)C)s2)CC1.CC(C)(C)OC(=O)NC(Cc1cc(F)cc(F)c1)[C@H]1CO1.CC(C)Cc1ncc(C2(C(N)=O)CC2)s1.CC(C)Cc1ncc(C2(N)CC2)s1.CCOC(=O)c1cnc(CC(C)C)s1.[C-]#[N+]Cc1cnc(CC(C)C)s1. The number of epoxide rings is 1. The first-order valence-corrected chi connectivity index (χ1v) is 40.0. The van der Waals surface area contributed by atoms with Gasteiger partial charge in [0.1, 0.15) is 44.7 Å². The number of rotatable bonds is 28. The van der Waals surface area contributed by atoms with Gasteiger partial charge in [-0.2, -0.15) is 0 Å². The predicted octanol–water partition coefficient (Wildman–Crippen LogP) is 15.5. The number of esters is 1. The smallest absolute Gasteiger partial charge is 0.407 e. The molecule has 3 aliphatic carbocycles. The number of carbonyl (C=O) groups is 4. The molecule has 19 nitrogen and oxygen atoms in total. The van der Waals surface area contributed by atoms with E-state index >= 15 is 0 Å². The van der Waals surface area contributed by atoms with Gasteiger partial charge in [-0.3, -0.25) is 9.59 Å². The molecule has 11 rings (SSSR count). The van der Waals surface area contributed by atoms with Crippen LogP contribution in [0.4, 0.5) is 22.4 Å². The van der Waals surface area contributed by atoms with Crippen LogP contribution in [0.3, 0.4) is 0 Å². The number of hydrogen-bond acceptors (Lipinski definition) is 20. The monoisotopic (exact) mass is 1550 g/mol. The standard InChI is InChI=1S/C22H29F2N3O2S.C15H19F2NO3.C11H16N2OS.C10H16N2S.C10H15NO2S.C9H12N2S/c1-13(2)6-21-25-12-20(30-21)22(4-5-22)26-11-19(29)18(27-14(3)28)9-15-7-16(23)10-17(24)8-15;1-15(2,3)21-14(19)18-12(13-8-20-13)6-9-4-10(16)7-11(17)5-9;1-7(2)5-9-13-6-8(15-9)11(3-4-11)10(12)14;1-7(2)5-9-12-6-8(13-9)10(11)3-4-10;1-4-13-10(12)8-6-11-9(14-8)5-7(2)3;1-7(2)4-9-11-6-8(12-9)5-10-3/h7-8,10,12-13,18-19,26,29H,4-6,9,11H2,1-3H3,(H,27,28);4-5,7,12-13H,6,8H2,1-3H3,(H,18,19);6-7H,3-5H2,1-2H3,(H2,12,14);6-7H,3-5,11H2,1-2H3;6-7H,4-5H2,1-3H3;6-7H,4-5H2,1-2H3/t18-,19+;12?,13-;;;;/m01..../s1. The Morgan fingerprint density at radius 1 is 0.629 bits per heavy atom. The van der Waals surface area contributed by atoms with Crippen LogP contribution in [-0.4, -0.2) is 104 Å². The van der Waals surface area contributed by atoms with E-state index < -0.39 is 47.1 Å². The highest BCUT2D eigenvalue weighted by Gasteiger charge is 2.51. The number of ether oxygens (including phenoxy) is 3. The number of primary amides is 1. The molecule has 105 heavy (non-hydrogen) atoms. The van der Waals surface area contributed by atoms with Gasteiger partial charge in [0.2, 0.25) is 18.4 Å². The fourth-order valence-electron chi connectivity index (χ4n) is 10.7. The number of nitrogens with one attached hydrogen (secondary N) is 3. The van der Waals surface area contributed by atoms with Crippen LogP contribution < -0.4 is 27.4 Å². The van der Waals surface area contributed by atoms with Gasteiger partial charge >= 0.3 is 12.1 Å². The van der Waals surface area contributed by atoms with Crippen LogP contribution in [0.2, 0.25) is 0 Å². The number of thiazole rings is 5. The fraction of sp³-hybridized carbons (Fsp3) is 0.584. The maximum Gasteiger partial charge on any atom is 0.407 e. The molecule has 576 valence electrons. The summed E-state index contributed by atoms with van der Waals surface area (Å²) < 4.78 is 68.7. The van der Waals surface area contributed by atoms with Gasteiger partial charge in [0, 0.05) is 97.1 Å². The summed E-state index contributed by atoms with van der Waals surface area (Å²) in [5.41, 5.74) is 11.2. The van der Waals surface area contributed by atoms with Crippen molar-refractivity contribution < 1.29 is 56.1 Å². The summed E-state index contributed by atoms with van der Waals surface area (Å²) in [6.07, 6.45) is 18.8. The topological polar surface area (TPSA) is 276 Å². The van der Waals surface area contributed by atoms with E-state index in [0.29, 0.717) is 65.4 Å². The van der Waals surface area contributed by atoms with E-state index in [-0.39, 0.29) is 65.8 Å². The summed E-state index contributed by atoms with van der Waals surface area (Å²) in [4.78, 5) is 76.2. The van der Waals surface area contributed by atoms with Gasteiger partial charge in [-0.25, -0.2) is 58.6 Å². The van der Waals surface area contributed by atoms with Crippen molar-refractivity contribution in [2.75, 3.05) is 19.8 Å². The number of alkyl carbamates (subject to hydrolysis) is 1. The molecule has 28 heteroatoms. The van der Waals surface area contributed by atoms with Gasteiger partial charge in [-0.1, -0.05) is 69.2 Å². The molecular formula is C77H107F4N11O8S5. The van der Waals surface area contributed by atoms with Crippen LogP contribution in [0, 0.1) is 59.4 Å². The minimum atomic E-state index is -0.916. The first kappa shape index (κ1) is 87.2. The third kappa shape index (κ3) is 30.8. The molecule has 4 fully saturated rings. The van der Waals surface area contributed by atoms with Crippen molar-refractivity contribution in [2.24, 2.45) is 41.1 Å². The highest BCUT2D eigenvalue weighted by Crippen LogP contribution is 2.50. The summed E-state index contributed by atoms with van der Waals surface area (Å²) >= 11 is 8.22. The number of nitrogens with two attached hydrogens (primary N) is 2. The molecule has 1 aliphatic heterocycles. The summed E-state index contributed by atoms with van der Waals surface area (Å²) in [6, 6.07) is 5.50. The second-order valence-electron chi connectivity index (χ2n) is 30.2. The first-order valence-electron chi connectivity index (χ1n) is 35.9. The van der Waals surface area contributed by atoms with E-state index in [9.17, 15) is 41.8 Å². The number of aliphatic hydroxyl groups excluding tert-OH is 1. The second-order valence-corrected chi connectivity index (χ2v) is 35.9. The summed E-state index contributed by atoms with van der Waals surface area (Å²) in [7, 11) is 0. The zero-order valence-electron chi connectivity index (χ0n) is 63.3. The molecule has 5 aromatic heterocycles. The first-order chi connectivity index (χ1) is 49.4. The minimum absolute atomic E-state index is 0.00684. The summed E-state index contributed by atoms with van der Waals surface area (Å²) in [5.74, 6) is -0.361. The Hall–Kier alpha value is -6.68. The van der Waals surface area contributed by atoms with Gasteiger partial charge in [-0.05, 0) is 144 Å². The van der Waals surface area contributed by atoms with Crippen LogP contribution in [0.15, 0.2) is 67.4 Å². The van der Waals surface area contributed by atoms with Crippen molar-refractivity contribution in [3.05, 3.63) is 163 Å².